The number of nitrogens with zero attached hydrogens (tertiary/aromatic N) is 4. The highest BCUT2D eigenvalue weighted by Crippen LogP contribution is 2.15. The Morgan fingerprint density at radius 1 is 1.11 bits per heavy atom. The minimum Gasteiger partial charge on any atom is -0.481 e. The third kappa shape index (κ3) is 4.60. The first kappa shape index (κ1) is 18.4. The van der Waals surface area contributed by atoms with Crippen molar-refractivity contribution in [1.82, 2.24) is 14.9 Å². The van der Waals surface area contributed by atoms with Crippen LogP contribution in [0.3, 0.4) is 0 Å². The van der Waals surface area contributed by atoms with E-state index in [1.54, 1.807) is 42.5 Å². The van der Waals surface area contributed by atoms with E-state index in [0.29, 0.717) is 38.0 Å². The largest absolute Gasteiger partial charge is 0.481 e. The number of hydrogen-bond acceptors (Lipinski definition) is 6. The van der Waals surface area contributed by atoms with Gasteiger partial charge in [-0.3, -0.25) is 4.79 Å². The first-order valence-electron chi connectivity index (χ1n) is 8.49. The van der Waals surface area contributed by atoms with Gasteiger partial charge in [0.2, 0.25) is 17.7 Å². The Kier molecular flexibility index (Phi) is 5.65. The molecule has 0 spiro atoms. The van der Waals surface area contributed by atoms with E-state index < -0.39 is 5.97 Å². The number of piperazine rings is 1. The van der Waals surface area contributed by atoms with Crippen molar-refractivity contribution >= 4 is 23.9 Å². The van der Waals surface area contributed by atoms with Gasteiger partial charge in [0.15, 0.2) is 0 Å². The molecular formula is C19H20N4O4. The predicted octanol–water partition coefficient (Wildman–Crippen LogP) is 1.55. The van der Waals surface area contributed by atoms with Gasteiger partial charge in [0.25, 0.3) is 0 Å². The number of methoxy groups -OCH3 is 1. The lowest BCUT2D eigenvalue weighted by Crippen LogP contribution is -2.48. The van der Waals surface area contributed by atoms with Crippen molar-refractivity contribution in [3.05, 3.63) is 53.7 Å². The van der Waals surface area contributed by atoms with Crippen LogP contribution in [0.15, 0.2) is 42.6 Å². The standard InChI is InChI=1S/C19H20N4O4/c1-27-16-8-9-20-19(21-16)23-12-10-22(11-13-23)17(24)7-4-14-2-5-15(6-3-14)18(25)26/h2-9H,10-13H2,1H3,(H,25,26). The van der Waals surface area contributed by atoms with Crippen molar-refractivity contribution in [1.29, 1.82) is 0 Å². The number of aromatic nitrogens is 2. The first-order chi connectivity index (χ1) is 13.1. The van der Waals surface area contributed by atoms with Gasteiger partial charge in [0.1, 0.15) is 0 Å². The van der Waals surface area contributed by atoms with Crippen LogP contribution in [0.25, 0.3) is 6.08 Å². The van der Waals surface area contributed by atoms with Crippen molar-refractivity contribution in [2.45, 2.75) is 0 Å². The highest BCUT2D eigenvalue weighted by Gasteiger charge is 2.21. The average Bonchev–Trinajstić information content (AvgIpc) is 2.72. The second-order valence-corrected chi connectivity index (χ2v) is 5.97. The topological polar surface area (TPSA) is 95.9 Å². The van der Waals surface area contributed by atoms with Gasteiger partial charge in [0, 0.05) is 44.5 Å². The van der Waals surface area contributed by atoms with Gasteiger partial charge < -0.3 is 19.6 Å². The number of anilines is 1. The first-order valence-corrected chi connectivity index (χ1v) is 8.49. The molecule has 2 aromatic rings. The molecule has 3 rings (SSSR count). The van der Waals surface area contributed by atoms with Crippen LogP contribution in [0.2, 0.25) is 0 Å². The summed E-state index contributed by atoms with van der Waals surface area (Å²) in [6.07, 6.45) is 4.84. The zero-order chi connectivity index (χ0) is 19.2. The number of carbonyl (C=O) groups is 2. The monoisotopic (exact) mass is 368 g/mol. The lowest BCUT2D eigenvalue weighted by molar-refractivity contribution is -0.126. The maximum absolute atomic E-state index is 12.4. The van der Waals surface area contributed by atoms with Crippen molar-refractivity contribution in [3.8, 4) is 5.88 Å². The molecular weight excluding hydrogens is 348 g/mol. The van der Waals surface area contributed by atoms with Crippen LogP contribution in [0.5, 0.6) is 5.88 Å². The maximum Gasteiger partial charge on any atom is 0.335 e. The van der Waals surface area contributed by atoms with Gasteiger partial charge in [-0.1, -0.05) is 12.1 Å². The number of hydrogen-bond donors (Lipinski definition) is 1. The van der Waals surface area contributed by atoms with Gasteiger partial charge in [0.05, 0.1) is 12.7 Å². The molecule has 1 N–H and O–H groups in total. The maximum atomic E-state index is 12.4. The molecule has 1 aliphatic rings. The fraction of sp³-hybridized carbons (Fsp3) is 0.263. The number of ether oxygens (including phenoxy) is 1. The Hall–Kier alpha value is -3.42. The molecule has 0 atom stereocenters. The third-order valence-electron chi connectivity index (χ3n) is 4.28. The minimum atomic E-state index is -0.973. The molecule has 1 aliphatic heterocycles. The third-order valence-corrected chi connectivity index (χ3v) is 4.28. The summed E-state index contributed by atoms with van der Waals surface area (Å²) in [6, 6.07) is 8.06. The number of carboxylic acid groups (broad SMARTS) is 1. The van der Waals surface area contributed by atoms with Crippen molar-refractivity contribution in [2.75, 3.05) is 38.2 Å². The number of benzene rings is 1. The molecule has 140 valence electrons. The Bertz CT molecular complexity index is 843. The molecule has 0 unspecified atom stereocenters. The molecule has 0 saturated carbocycles. The van der Waals surface area contributed by atoms with E-state index in [9.17, 15) is 9.59 Å². The Morgan fingerprint density at radius 3 is 2.44 bits per heavy atom. The summed E-state index contributed by atoms with van der Waals surface area (Å²) in [7, 11) is 1.56. The second-order valence-electron chi connectivity index (χ2n) is 5.97. The van der Waals surface area contributed by atoms with Crippen LogP contribution < -0.4 is 9.64 Å². The van der Waals surface area contributed by atoms with E-state index in [1.165, 1.54) is 18.2 Å². The molecule has 1 fully saturated rings. The molecule has 0 aliphatic carbocycles. The van der Waals surface area contributed by atoms with E-state index >= 15 is 0 Å². The highest BCUT2D eigenvalue weighted by molar-refractivity contribution is 5.92. The van der Waals surface area contributed by atoms with Crippen molar-refractivity contribution in [2.24, 2.45) is 0 Å². The van der Waals surface area contributed by atoms with Crippen LogP contribution in [0, 0.1) is 0 Å². The fourth-order valence-electron chi connectivity index (χ4n) is 2.74. The van der Waals surface area contributed by atoms with Crippen LogP contribution in [-0.4, -0.2) is 65.1 Å². The van der Waals surface area contributed by atoms with E-state index in [-0.39, 0.29) is 11.5 Å². The van der Waals surface area contributed by atoms with Gasteiger partial charge in [-0.25, -0.2) is 9.78 Å². The van der Waals surface area contributed by atoms with E-state index in [1.807, 2.05) is 4.90 Å². The fourth-order valence-corrected chi connectivity index (χ4v) is 2.74. The van der Waals surface area contributed by atoms with E-state index in [4.69, 9.17) is 9.84 Å². The van der Waals surface area contributed by atoms with Crippen LogP contribution >= 0.6 is 0 Å². The van der Waals surface area contributed by atoms with Gasteiger partial charge in [-0.05, 0) is 23.8 Å². The molecule has 8 nitrogen and oxygen atoms in total. The zero-order valence-electron chi connectivity index (χ0n) is 14.9. The van der Waals surface area contributed by atoms with Crippen molar-refractivity contribution < 1.29 is 19.4 Å². The van der Waals surface area contributed by atoms with Crippen LogP contribution in [-0.2, 0) is 4.79 Å². The Morgan fingerprint density at radius 2 is 1.81 bits per heavy atom. The lowest BCUT2D eigenvalue weighted by atomic mass is 10.1. The van der Waals surface area contributed by atoms with Gasteiger partial charge in [-0.2, -0.15) is 4.98 Å². The molecule has 8 heteroatoms. The van der Waals surface area contributed by atoms with E-state index in [2.05, 4.69) is 9.97 Å². The average molecular weight is 368 g/mol. The molecule has 27 heavy (non-hydrogen) atoms. The molecule has 0 radical (unpaired) electrons. The molecule has 1 aromatic heterocycles. The minimum absolute atomic E-state index is 0.0801. The summed E-state index contributed by atoms with van der Waals surface area (Å²) in [5, 5.41) is 8.90. The van der Waals surface area contributed by atoms with Crippen LogP contribution in [0.1, 0.15) is 15.9 Å². The number of carbonyl (C=O) groups excluding carboxylic acids is 1. The molecule has 1 amide bonds. The summed E-state index contributed by atoms with van der Waals surface area (Å²) in [4.78, 5) is 35.6. The summed E-state index contributed by atoms with van der Waals surface area (Å²) < 4.78 is 5.12. The summed E-state index contributed by atoms with van der Waals surface area (Å²) in [5.41, 5.74) is 0.992. The highest BCUT2D eigenvalue weighted by atomic mass is 16.5. The quantitative estimate of drug-likeness (QED) is 0.800. The SMILES string of the molecule is COc1ccnc(N2CCN(C(=O)C=Cc3ccc(C(=O)O)cc3)CC2)n1. The zero-order valence-corrected chi connectivity index (χ0v) is 14.9. The lowest BCUT2D eigenvalue weighted by Gasteiger charge is -2.34. The number of aromatic carboxylic acids is 1. The second kappa shape index (κ2) is 8.31. The Labute approximate surface area is 156 Å². The Balaban J connectivity index is 1.55. The van der Waals surface area contributed by atoms with Crippen molar-refractivity contribution in [3.63, 3.8) is 0 Å². The number of carboxylic acids is 1. The number of amides is 1. The van der Waals surface area contributed by atoms with Gasteiger partial charge >= 0.3 is 5.97 Å². The summed E-state index contributed by atoms with van der Waals surface area (Å²) in [6.45, 7) is 2.42. The van der Waals surface area contributed by atoms with Gasteiger partial charge in [-0.15, -0.1) is 0 Å². The normalized spacial score (nSPS) is 14.4. The molecule has 0 bridgehead atoms. The number of rotatable bonds is 5. The predicted molar refractivity (Wildman–Crippen MR) is 99.8 cm³/mol. The molecule has 1 saturated heterocycles. The van der Waals surface area contributed by atoms with E-state index in [0.717, 1.165) is 5.56 Å². The smallest absolute Gasteiger partial charge is 0.335 e. The molecule has 2 heterocycles. The summed E-state index contributed by atoms with van der Waals surface area (Å²) >= 11 is 0. The van der Waals surface area contributed by atoms with Crippen LogP contribution in [0.4, 0.5) is 5.95 Å². The summed E-state index contributed by atoms with van der Waals surface area (Å²) in [5.74, 6) is 0.0499. The molecule has 1 aromatic carbocycles.